The molecule has 0 unspecified atom stereocenters. The van der Waals surface area contributed by atoms with E-state index in [0.717, 1.165) is 35.7 Å². The number of nitrogens with zero attached hydrogens (tertiary/aromatic N) is 5. The van der Waals surface area contributed by atoms with E-state index in [9.17, 15) is 4.79 Å². The first kappa shape index (κ1) is 20.5. The molecular formula is C25H23N5OS. The van der Waals surface area contributed by atoms with Crippen molar-refractivity contribution < 1.29 is 4.79 Å². The maximum absolute atomic E-state index is 13.0. The Balaban J connectivity index is 1.46. The van der Waals surface area contributed by atoms with Gasteiger partial charge in [-0.25, -0.2) is 0 Å². The van der Waals surface area contributed by atoms with Crippen LogP contribution in [0, 0.1) is 13.8 Å². The zero-order valence-electron chi connectivity index (χ0n) is 18.0. The third kappa shape index (κ3) is 3.80. The van der Waals surface area contributed by atoms with Crippen molar-refractivity contribution in [2.75, 3.05) is 17.2 Å². The van der Waals surface area contributed by atoms with Crippen LogP contribution in [0.2, 0.25) is 0 Å². The lowest BCUT2D eigenvalue weighted by Gasteiger charge is -2.17. The second-order valence-corrected chi connectivity index (χ2v) is 8.80. The highest BCUT2D eigenvalue weighted by molar-refractivity contribution is 7.99. The molecule has 0 spiro atoms. The topological polar surface area (TPSA) is 63.9 Å². The molecule has 160 valence electrons. The summed E-state index contributed by atoms with van der Waals surface area (Å²) in [6.45, 7) is 4.92. The van der Waals surface area contributed by atoms with Crippen molar-refractivity contribution in [3.8, 4) is 17.1 Å². The molecule has 6 nitrogen and oxygen atoms in total. The van der Waals surface area contributed by atoms with Crippen LogP contribution in [-0.4, -0.2) is 38.0 Å². The third-order valence-electron chi connectivity index (χ3n) is 5.83. The van der Waals surface area contributed by atoms with Gasteiger partial charge in [0.25, 0.3) is 0 Å². The molecule has 0 radical (unpaired) electrons. The molecule has 4 aromatic rings. The first-order chi connectivity index (χ1) is 15.6. The number of benzene rings is 2. The summed E-state index contributed by atoms with van der Waals surface area (Å²) in [6.07, 6.45) is 4.39. The van der Waals surface area contributed by atoms with Crippen molar-refractivity contribution in [2.45, 2.75) is 25.4 Å². The number of pyridine rings is 1. The molecule has 2 aromatic carbocycles. The minimum atomic E-state index is 0.0834. The van der Waals surface area contributed by atoms with Crippen LogP contribution in [-0.2, 0) is 11.2 Å². The van der Waals surface area contributed by atoms with Crippen LogP contribution < -0.4 is 4.90 Å². The normalized spacial score (nSPS) is 12.8. The number of anilines is 1. The number of hydrogen-bond acceptors (Lipinski definition) is 5. The largest absolute Gasteiger partial charge is 0.311 e. The van der Waals surface area contributed by atoms with Crippen molar-refractivity contribution in [1.29, 1.82) is 0 Å². The van der Waals surface area contributed by atoms with E-state index in [1.165, 1.54) is 28.5 Å². The Kier molecular flexibility index (Phi) is 5.49. The van der Waals surface area contributed by atoms with Crippen molar-refractivity contribution >= 4 is 23.4 Å². The summed E-state index contributed by atoms with van der Waals surface area (Å²) in [5, 5.41) is 9.61. The number of hydrogen-bond donors (Lipinski definition) is 0. The summed E-state index contributed by atoms with van der Waals surface area (Å²) in [5.74, 6) is 1.12. The smallest absolute Gasteiger partial charge is 0.237 e. The van der Waals surface area contributed by atoms with Crippen molar-refractivity contribution in [3.05, 3.63) is 83.7 Å². The Bertz CT molecular complexity index is 1280. The monoisotopic (exact) mass is 441 g/mol. The Morgan fingerprint density at radius 3 is 2.62 bits per heavy atom. The molecule has 32 heavy (non-hydrogen) atoms. The number of aromatic nitrogens is 4. The van der Waals surface area contributed by atoms with Gasteiger partial charge in [0.1, 0.15) is 0 Å². The summed E-state index contributed by atoms with van der Waals surface area (Å²) < 4.78 is 2.03. The van der Waals surface area contributed by atoms with Gasteiger partial charge in [-0.3, -0.25) is 14.3 Å². The summed E-state index contributed by atoms with van der Waals surface area (Å²) in [4.78, 5) is 19.0. The number of rotatable bonds is 5. The molecule has 1 aliphatic rings. The highest BCUT2D eigenvalue weighted by Gasteiger charge is 2.25. The first-order valence-electron chi connectivity index (χ1n) is 10.6. The number of carbonyl (C=O) groups is 1. The lowest BCUT2D eigenvalue weighted by Crippen LogP contribution is -2.30. The van der Waals surface area contributed by atoms with E-state index in [0.29, 0.717) is 10.9 Å². The Hall–Kier alpha value is -3.45. The average molecular weight is 442 g/mol. The predicted molar refractivity (Wildman–Crippen MR) is 127 cm³/mol. The maximum Gasteiger partial charge on any atom is 0.237 e. The van der Waals surface area contributed by atoms with Crippen molar-refractivity contribution in [2.24, 2.45) is 0 Å². The highest BCUT2D eigenvalue weighted by Crippen LogP contribution is 2.31. The standard InChI is InChI=1S/C25H23N5OS/c1-17-7-8-21(15-18(17)2)30-24(20-9-12-26-13-10-20)27-28-25(30)32-16-23(31)29-14-11-19-5-3-4-6-22(19)29/h3-10,12-13,15H,11,14,16H2,1-2H3. The molecule has 1 aliphatic heterocycles. The quantitative estimate of drug-likeness (QED) is 0.423. The van der Waals surface area contributed by atoms with Gasteiger partial charge in [0.05, 0.1) is 11.4 Å². The predicted octanol–water partition coefficient (Wildman–Crippen LogP) is 4.63. The molecule has 0 saturated carbocycles. The maximum atomic E-state index is 13.0. The van der Waals surface area contributed by atoms with Gasteiger partial charge in [-0.1, -0.05) is 36.0 Å². The van der Waals surface area contributed by atoms with Crippen LogP contribution in [0.3, 0.4) is 0 Å². The Labute approximate surface area is 191 Å². The molecule has 3 heterocycles. The van der Waals surface area contributed by atoms with E-state index in [4.69, 9.17) is 0 Å². The van der Waals surface area contributed by atoms with Gasteiger partial charge >= 0.3 is 0 Å². The SMILES string of the molecule is Cc1ccc(-n2c(SCC(=O)N3CCc4ccccc43)nnc2-c2ccncc2)cc1C. The van der Waals surface area contributed by atoms with Gasteiger partial charge in [-0.2, -0.15) is 0 Å². The van der Waals surface area contributed by atoms with E-state index < -0.39 is 0 Å². The van der Waals surface area contributed by atoms with E-state index in [1.54, 1.807) is 12.4 Å². The Morgan fingerprint density at radius 1 is 1.00 bits per heavy atom. The Morgan fingerprint density at radius 2 is 1.81 bits per heavy atom. The van der Waals surface area contributed by atoms with Gasteiger partial charge in [-0.15, -0.1) is 10.2 Å². The van der Waals surface area contributed by atoms with E-state index in [-0.39, 0.29) is 5.91 Å². The third-order valence-corrected chi connectivity index (χ3v) is 6.75. The molecule has 0 saturated heterocycles. The number of fused-ring (bicyclic) bond motifs is 1. The van der Waals surface area contributed by atoms with Gasteiger partial charge in [0.2, 0.25) is 5.91 Å². The second kappa shape index (κ2) is 8.59. The minimum Gasteiger partial charge on any atom is -0.311 e. The molecule has 0 fully saturated rings. The summed E-state index contributed by atoms with van der Waals surface area (Å²) >= 11 is 1.42. The van der Waals surface area contributed by atoms with E-state index in [1.807, 2.05) is 39.8 Å². The number of amides is 1. The first-order valence-corrected chi connectivity index (χ1v) is 11.5. The van der Waals surface area contributed by atoms with Crippen LogP contribution in [0.4, 0.5) is 5.69 Å². The minimum absolute atomic E-state index is 0.0834. The summed E-state index contributed by atoms with van der Waals surface area (Å²) in [5.41, 5.74) is 6.57. The molecule has 0 bridgehead atoms. The van der Waals surface area contributed by atoms with Crippen LogP contribution in [0.25, 0.3) is 17.1 Å². The molecule has 0 atom stereocenters. The fraction of sp³-hybridized carbons (Fsp3) is 0.200. The highest BCUT2D eigenvalue weighted by atomic mass is 32.2. The molecule has 0 aliphatic carbocycles. The number of carbonyl (C=O) groups excluding carboxylic acids is 1. The lowest BCUT2D eigenvalue weighted by atomic mass is 10.1. The summed E-state index contributed by atoms with van der Waals surface area (Å²) in [6, 6.07) is 18.2. The summed E-state index contributed by atoms with van der Waals surface area (Å²) in [7, 11) is 0. The second-order valence-electron chi connectivity index (χ2n) is 7.86. The van der Waals surface area contributed by atoms with Gasteiger partial charge in [0, 0.05) is 30.2 Å². The van der Waals surface area contributed by atoms with Crippen molar-refractivity contribution in [3.63, 3.8) is 0 Å². The molecular weight excluding hydrogens is 418 g/mol. The fourth-order valence-corrected chi connectivity index (χ4v) is 4.78. The zero-order valence-corrected chi connectivity index (χ0v) is 18.8. The average Bonchev–Trinajstić information content (AvgIpc) is 3.44. The van der Waals surface area contributed by atoms with E-state index >= 15 is 0 Å². The van der Waals surface area contributed by atoms with Gasteiger partial charge in [-0.05, 0) is 67.3 Å². The molecule has 2 aromatic heterocycles. The number of thioether (sulfide) groups is 1. The van der Waals surface area contributed by atoms with Crippen LogP contribution in [0.15, 0.2) is 72.1 Å². The molecule has 5 rings (SSSR count). The zero-order chi connectivity index (χ0) is 22.1. The molecule has 1 amide bonds. The van der Waals surface area contributed by atoms with Gasteiger partial charge in [0.15, 0.2) is 11.0 Å². The van der Waals surface area contributed by atoms with Gasteiger partial charge < -0.3 is 4.90 Å². The van der Waals surface area contributed by atoms with E-state index in [2.05, 4.69) is 53.3 Å². The van der Waals surface area contributed by atoms with Crippen LogP contribution in [0.1, 0.15) is 16.7 Å². The lowest BCUT2D eigenvalue weighted by molar-refractivity contribution is -0.116. The molecule has 7 heteroatoms. The number of aryl methyl sites for hydroxylation is 2. The van der Waals surface area contributed by atoms with Crippen LogP contribution in [0.5, 0.6) is 0 Å². The van der Waals surface area contributed by atoms with Crippen molar-refractivity contribution in [1.82, 2.24) is 19.7 Å². The number of para-hydroxylation sites is 1. The molecule has 0 N–H and O–H groups in total. The van der Waals surface area contributed by atoms with Crippen LogP contribution >= 0.6 is 11.8 Å². The fourth-order valence-electron chi connectivity index (χ4n) is 3.95.